The lowest BCUT2D eigenvalue weighted by atomic mass is 10.1. The maximum Gasteiger partial charge on any atom is 0.125 e. The van der Waals surface area contributed by atoms with Crippen LogP contribution in [0.2, 0.25) is 5.02 Å². The van der Waals surface area contributed by atoms with Crippen LogP contribution in [0.25, 0.3) is 0 Å². The van der Waals surface area contributed by atoms with Crippen molar-refractivity contribution >= 4 is 11.6 Å². The maximum absolute atomic E-state index is 6.01. The van der Waals surface area contributed by atoms with Gasteiger partial charge in [0.1, 0.15) is 5.75 Å². The van der Waals surface area contributed by atoms with Gasteiger partial charge in [-0.05, 0) is 70.7 Å². The van der Waals surface area contributed by atoms with Crippen LogP contribution in [0, 0.1) is 13.8 Å². The lowest BCUT2D eigenvalue weighted by Gasteiger charge is -2.17. The van der Waals surface area contributed by atoms with Crippen LogP contribution in [-0.2, 0) is 0 Å². The van der Waals surface area contributed by atoms with E-state index in [1.165, 1.54) is 6.42 Å². The van der Waals surface area contributed by atoms with Crippen LogP contribution in [0.1, 0.15) is 44.7 Å². The van der Waals surface area contributed by atoms with Gasteiger partial charge in [-0.3, -0.25) is 0 Å². The van der Waals surface area contributed by atoms with Gasteiger partial charge in [-0.25, -0.2) is 0 Å². The fourth-order valence-corrected chi connectivity index (χ4v) is 2.41. The molecule has 0 amide bonds. The quantitative estimate of drug-likeness (QED) is 0.795. The summed E-state index contributed by atoms with van der Waals surface area (Å²) < 4.78 is 5.88. The molecule has 19 heavy (non-hydrogen) atoms. The fourth-order valence-electron chi connectivity index (χ4n) is 2.08. The summed E-state index contributed by atoms with van der Waals surface area (Å²) in [6.45, 7) is 12.7. The van der Waals surface area contributed by atoms with Gasteiger partial charge in [0.15, 0.2) is 0 Å². The predicted octanol–water partition coefficient (Wildman–Crippen LogP) is 3.48. The Bertz CT molecular complexity index is 387. The highest BCUT2D eigenvalue weighted by molar-refractivity contribution is 6.30. The van der Waals surface area contributed by atoms with Gasteiger partial charge in [0.2, 0.25) is 0 Å². The molecule has 2 N–H and O–H groups in total. The number of rotatable bonds is 6. The van der Waals surface area contributed by atoms with Crippen LogP contribution in [0.3, 0.4) is 0 Å². The van der Waals surface area contributed by atoms with Crippen molar-refractivity contribution in [2.24, 2.45) is 0 Å². The third-order valence-electron chi connectivity index (χ3n) is 3.03. The molecule has 108 valence electrons. The Labute approximate surface area is 122 Å². The molecule has 0 radical (unpaired) electrons. The molecule has 0 unspecified atom stereocenters. The SMILES string of the molecule is Cc1cc(Cl)cc(C)c1OCCCC[NH2+]C(C)(C)C. The highest BCUT2D eigenvalue weighted by Crippen LogP contribution is 2.27. The number of unbranched alkanes of at least 4 members (excludes halogenated alkanes) is 1. The van der Waals surface area contributed by atoms with E-state index in [1.807, 2.05) is 26.0 Å². The van der Waals surface area contributed by atoms with Crippen LogP contribution in [0.5, 0.6) is 5.75 Å². The molecule has 2 nitrogen and oxygen atoms in total. The molecule has 0 fully saturated rings. The number of benzene rings is 1. The first-order valence-corrected chi connectivity index (χ1v) is 7.41. The first-order valence-electron chi connectivity index (χ1n) is 7.03. The largest absolute Gasteiger partial charge is 0.493 e. The minimum absolute atomic E-state index is 0.324. The Balaban J connectivity index is 2.30. The molecule has 0 aliphatic heterocycles. The van der Waals surface area contributed by atoms with Gasteiger partial charge in [-0.1, -0.05) is 11.6 Å². The summed E-state index contributed by atoms with van der Waals surface area (Å²) in [6.07, 6.45) is 2.27. The van der Waals surface area contributed by atoms with Gasteiger partial charge in [-0.2, -0.15) is 0 Å². The number of halogens is 1. The smallest absolute Gasteiger partial charge is 0.125 e. The maximum atomic E-state index is 6.01. The second-order valence-electron chi connectivity index (χ2n) is 6.28. The molecule has 0 saturated carbocycles. The van der Waals surface area contributed by atoms with Crippen molar-refractivity contribution in [3.8, 4) is 5.75 Å². The summed E-state index contributed by atoms with van der Waals surface area (Å²) in [5.41, 5.74) is 2.56. The summed E-state index contributed by atoms with van der Waals surface area (Å²) in [7, 11) is 0. The molecule has 0 saturated heterocycles. The molecular formula is C16H27ClNO+. The Morgan fingerprint density at radius 1 is 1.11 bits per heavy atom. The molecule has 0 aromatic heterocycles. The Morgan fingerprint density at radius 2 is 1.68 bits per heavy atom. The molecule has 0 bridgehead atoms. The summed E-state index contributed by atoms with van der Waals surface area (Å²) >= 11 is 6.01. The number of hydrogen-bond donors (Lipinski definition) is 1. The van der Waals surface area contributed by atoms with Gasteiger partial charge in [0.05, 0.1) is 18.7 Å². The summed E-state index contributed by atoms with van der Waals surface area (Å²) in [5, 5.41) is 3.16. The lowest BCUT2D eigenvalue weighted by molar-refractivity contribution is -0.717. The van der Waals surface area contributed by atoms with E-state index in [2.05, 4.69) is 26.1 Å². The zero-order valence-corrected chi connectivity index (χ0v) is 13.6. The highest BCUT2D eigenvalue weighted by Gasteiger charge is 2.11. The zero-order valence-electron chi connectivity index (χ0n) is 12.8. The third kappa shape index (κ3) is 6.31. The molecule has 0 spiro atoms. The molecule has 1 aromatic rings. The van der Waals surface area contributed by atoms with Crippen LogP contribution >= 0.6 is 11.6 Å². The first kappa shape index (κ1) is 16.3. The molecule has 1 aromatic carbocycles. The van der Waals surface area contributed by atoms with E-state index in [-0.39, 0.29) is 0 Å². The normalized spacial score (nSPS) is 11.7. The van der Waals surface area contributed by atoms with Crippen molar-refractivity contribution in [2.45, 2.75) is 53.0 Å². The molecule has 0 heterocycles. The molecular weight excluding hydrogens is 258 g/mol. The van der Waals surface area contributed by atoms with Crippen LogP contribution in [0.15, 0.2) is 12.1 Å². The van der Waals surface area contributed by atoms with E-state index in [0.717, 1.165) is 41.5 Å². The van der Waals surface area contributed by atoms with E-state index in [4.69, 9.17) is 16.3 Å². The van der Waals surface area contributed by atoms with Gasteiger partial charge in [0, 0.05) is 5.02 Å². The molecule has 1 rings (SSSR count). The molecule has 0 atom stereocenters. The van der Waals surface area contributed by atoms with Crippen LogP contribution in [-0.4, -0.2) is 18.7 Å². The fraction of sp³-hybridized carbons (Fsp3) is 0.625. The predicted molar refractivity (Wildman–Crippen MR) is 82.2 cm³/mol. The minimum atomic E-state index is 0.324. The molecule has 0 aliphatic carbocycles. The van der Waals surface area contributed by atoms with Crippen molar-refractivity contribution in [2.75, 3.05) is 13.2 Å². The average molecular weight is 285 g/mol. The van der Waals surface area contributed by atoms with E-state index in [9.17, 15) is 0 Å². The van der Waals surface area contributed by atoms with E-state index in [1.54, 1.807) is 0 Å². The first-order chi connectivity index (χ1) is 8.79. The number of hydrogen-bond acceptors (Lipinski definition) is 1. The van der Waals surface area contributed by atoms with Gasteiger partial charge in [-0.15, -0.1) is 0 Å². The van der Waals surface area contributed by atoms with Crippen molar-refractivity contribution in [3.05, 3.63) is 28.3 Å². The molecule has 3 heteroatoms. The second-order valence-corrected chi connectivity index (χ2v) is 6.72. The minimum Gasteiger partial charge on any atom is -0.493 e. The topological polar surface area (TPSA) is 25.8 Å². The zero-order chi connectivity index (χ0) is 14.5. The lowest BCUT2D eigenvalue weighted by Crippen LogP contribution is -2.94. The standard InChI is InChI=1S/C16H26ClNO/c1-12-10-14(17)11-13(2)15(12)19-9-7-6-8-18-16(3,4)5/h10-11,18H,6-9H2,1-5H3/p+1. The Morgan fingerprint density at radius 3 is 2.21 bits per heavy atom. The van der Waals surface area contributed by atoms with Gasteiger partial charge >= 0.3 is 0 Å². The summed E-state index contributed by atoms with van der Waals surface area (Å²) in [5.74, 6) is 0.990. The number of ether oxygens (including phenoxy) is 1. The molecule has 0 aliphatic rings. The van der Waals surface area contributed by atoms with Crippen molar-refractivity contribution in [3.63, 3.8) is 0 Å². The summed E-state index contributed by atoms with van der Waals surface area (Å²) in [4.78, 5) is 0. The number of quaternary nitrogens is 1. The van der Waals surface area contributed by atoms with Crippen molar-refractivity contribution in [1.29, 1.82) is 0 Å². The van der Waals surface area contributed by atoms with Gasteiger partial charge < -0.3 is 10.1 Å². The van der Waals surface area contributed by atoms with E-state index in [0.29, 0.717) is 5.54 Å². The average Bonchev–Trinajstić information content (AvgIpc) is 2.24. The van der Waals surface area contributed by atoms with E-state index >= 15 is 0 Å². The monoisotopic (exact) mass is 284 g/mol. The van der Waals surface area contributed by atoms with Gasteiger partial charge in [0.25, 0.3) is 0 Å². The van der Waals surface area contributed by atoms with Crippen LogP contribution in [0.4, 0.5) is 0 Å². The van der Waals surface area contributed by atoms with Crippen molar-refractivity contribution in [1.82, 2.24) is 0 Å². The second kappa shape index (κ2) is 7.16. The number of aryl methyl sites for hydroxylation is 2. The third-order valence-corrected chi connectivity index (χ3v) is 3.24. The van der Waals surface area contributed by atoms with Crippen molar-refractivity contribution < 1.29 is 10.1 Å². The van der Waals surface area contributed by atoms with E-state index < -0.39 is 0 Å². The number of nitrogens with two attached hydrogens (primary N) is 1. The Kier molecular flexibility index (Phi) is 6.15. The Hall–Kier alpha value is -0.730. The summed E-state index contributed by atoms with van der Waals surface area (Å²) in [6, 6.07) is 3.91. The van der Waals surface area contributed by atoms with Crippen LogP contribution < -0.4 is 10.1 Å². The highest BCUT2D eigenvalue weighted by atomic mass is 35.5.